The minimum Gasteiger partial charge on any atom is -0.495 e. The Hall–Kier alpha value is -2.57. The lowest BCUT2D eigenvalue weighted by Gasteiger charge is -2.21. The molecule has 7 nitrogen and oxygen atoms in total. The van der Waals surface area contributed by atoms with Gasteiger partial charge in [0.1, 0.15) is 11.8 Å². The quantitative estimate of drug-likeness (QED) is 0.913. The van der Waals surface area contributed by atoms with E-state index in [1.54, 1.807) is 18.9 Å². The van der Waals surface area contributed by atoms with Crippen molar-refractivity contribution in [2.45, 2.75) is 32.7 Å². The lowest BCUT2D eigenvalue weighted by atomic mass is 10.2. The molecule has 0 spiro atoms. The SMILES string of the molecule is COc1ccc(NC(C)c2nc(C)no2)cc1N1CCCC1=O. The number of rotatable bonds is 5. The smallest absolute Gasteiger partial charge is 0.248 e. The van der Waals surface area contributed by atoms with Crippen molar-refractivity contribution in [1.29, 1.82) is 0 Å². The average Bonchev–Trinajstić information content (AvgIpc) is 3.15. The Bertz CT molecular complexity index is 713. The van der Waals surface area contributed by atoms with Gasteiger partial charge in [-0.2, -0.15) is 4.98 Å². The van der Waals surface area contributed by atoms with Crippen molar-refractivity contribution in [3.8, 4) is 5.75 Å². The second-order valence-electron chi connectivity index (χ2n) is 5.58. The Morgan fingerprint density at radius 3 is 2.87 bits per heavy atom. The van der Waals surface area contributed by atoms with Gasteiger partial charge in [-0.25, -0.2) is 0 Å². The maximum atomic E-state index is 12.0. The van der Waals surface area contributed by atoms with E-state index >= 15 is 0 Å². The standard InChI is InChI=1S/C16H20N4O3/c1-10(16-18-11(2)19-23-16)17-12-6-7-14(22-3)13(9-12)20-8-4-5-15(20)21/h6-7,9-10,17H,4-5,8H2,1-3H3. The van der Waals surface area contributed by atoms with E-state index in [0.29, 0.717) is 23.9 Å². The highest BCUT2D eigenvalue weighted by atomic mass is 16.5. The van der Waals surface area contributed by atoms with E-state index in [4.69, 9.17) is 9.26 Å². The number of nitrogens with zero attached hydrogens (tertiary/aromatic N) is 3. The van der Waals surface area contributed by atoms with Crippen LogP contribution in [0.1, 0.15) is 37.5 Å². The van der Waals surface area contributed by atoms with Crippen LogP contribution in [-0.2, 0) is 4.79 Å². The zero-order valence-corrected chi connectivity index (χ0v) is 13.5. The van der Waals surface area contributed by atoms with Crippen LogP contribution < -0.4 is 15.0 Å². The first-order valence-electron chi connectivity index (χ1n) is 7.63. The van der Waals surface area contributed by atoms with Crippen LogP contribution in [0.2, 0.25) is 0 Å². The third kappa shape index (κ3) is 3.13. The number of anilines is 2. The Kier molecular flexibility index (Phi) is 4.18. The summed E-state index contributed by atoms with van der Waals surface area (Å²) in [4.78, 5) is 18.0. The van der Waals surface area contributed by atoms with Crippen molar-refractivity contribution < 1.29 is 14.1 Å². The van der Waals surface area contributed by atoms with E-state index in [1.165, 1.54) is 0 Å². The highest BCUT2D eigenvalue weighted by molar-refractivity contribution is 5.97. The predicted molar refractivity (Wildman–Crippen MR) is 85.7 cm³/mol. The van der Waals surface area contributed by atoms with E-state index in [-0.39, 0.29) is 11.9 Å². The van der Waals surface area contributed by atoms with Crippen molar-refractivity contribution in [3.05, 3.63) is 29.9 Å². The third-order valence-corrected chi connectivity index (χ3v) is 3.84. The van der Waals surface area contributed by atoms with Gasteiger partial charge in [-0.05, 0) is 38.5 Å². The van der Waals surface area contributed by atoms with Gasteiger partial charge in [0.15, 0.2) is 5.82 Å². The number of aryl methyl sites for hydroxylation is 1. The Morgan fingerprint density at radius 1 is 1.43 bits per heavy atom. The van der Waals surface area contributed by atoms with E-state index < -0.39 is 0 Å². The molecule has 0 aliphatic carbocycles. The number of aromatic nitrogens is 2. The number of carbonyl (C=O) groups excluding carboxylic acids is 1. The van der Waals surface area contributed by atoms with Crippen molar-refractivity contribution in [2.24, 2.45) is 0 Å². The Balaban J connectivity index is 1.84. The van der Waals surface area contributed by atoms with Crippen LogP contribution in [0, 0.1) is 6.92 Å². The fourth-order valence-corrected chi connectivity index (χ4v) is 2.69. The van der Waals surface area contributed by atoms with Crippen molar-refractivity contribution >= 4 is 17.3 Å². The van der Waals surface area contributed by atoms with Crippen LogP contribution in [-0.4, -0.2) is 29.7 Å². The van der Waals surface area contributed by atoms with Crippen LogP contribution in [0.25, 0.3) is 0 Å². The second-order valence-corrected chi connectivity index (χ2v) is 5.58. The largest absolute Gasteiger partial charge is 0.495 e. The molecule has 2 heterocycles. The molecule has 23 heavy (non-hydrogen) atoms. The molecular weight excluding hydrogens is 296 g/mol. The molecule has 1 amide bonds. The first-order valence-corrected chi connectivity index (χ1v) is 7.63. The summed E-state index contributed by atoms with van der Waals surface area (Å²) in [6.07, 6.45) is 1.45. The van der Waals surface area contributed by atoms with Crippen LogP contribution in [0.5, 0.6) is 5.75 Å². The number of hydrogen-bond donors (Lipinski definition) is 1. The molecule has 1 unspecified atom stereocenters. The molecule has 7 heteroatoms. The van der Waals surface area contributed by atoms with Gasteiger partial charge >= 0.3 is 0 Å². The number of nitrogens with one attached hydrogen (secondary N) is 1. The molecule has 3 rings (SSSR count). The summed E-state index contributed by atoms with van der Waals surface area (Å²) in [6, 6.07) is 5.55. The van der Waals surface area contributed by atoms with Gasteiger partial charge < -0.3 is 19.5 Å². The lowest BCUT2D eigenvalue weighted by molar-refractivity contribution is -0.117. The maximum absolute atomic E-state index is 12.0. The minimum absolute atomic E-state index is 0.126. The van der Waals surface area contributed by atoms with Gasteiger partial charge in [-0.3, -0.25) is 4.79 Å². The maximum Gasteiger partial charge on any atom is 0.248 e. The molecule has 1 aliphatic heterocycles. The molecular formula is C16H20N4O3. The zero-order valence-electron chi connectivity index (χ0n) is 13.5. The van der Waals surface area contributed by atoms with Gasteiger partial charge in [0.25, 0.3) is 0 Å². The molecule has 1 atom stereocenters. The first-order chi connectivity index (χ1) is 11.1. The number of hydrogen-bond acceptors (Lipinski definition) is 6. The molecule has 1 aromatic carbocycles. The molecule has 0 radical (unpaired) electrons. The molecule has 1 aliphatic rings. The van der Waals surface area contributed by atoms with E-state index in [1.807, 2.05) is 25.1 Å². The summed E-state index contributed by atoms with van der Waals surface area (Å²) >= 11 is 0. The zero-order chi connectivity index (χ0) is 16.4. The van der Waals surface area contributed by atoms with Gasteiger partial charge in [0.2, 0.25) is 11.8 Å². The summed E-state index contributed by atoms with van der Waals surface area (Å²) < 4.78 is 10.6. The summed E-state index contributed by atoms with van der Waals surface area (Å²) in [5.74, 6) is 1.94. The second kappa shape index (κ2) is 6.28. The number of ether oxygens (including phenoxy) is 1. The Labute approximate surface area is 134 Å². The van der Waals surface area contributed by atoms with Crippen molar-refractivity contribution in [1.82, 2.24) is 10.1 Å². The summed E-state index contributed by atoms with van der Waals surface area (Å²) in [5.41, 5.74) is 1.65. The molecule has 2 aromatic rings. The molecule has 1 N–H and O–H groups in total. The summed E-state index contributed by atoms with van der Waals surface area (Å²) in [5, 5.41) is 7.11. The molecule has 122 valence electrons. The molecule has 0 bridgehead atoms. The van der Waals surface area contributed by atoms with Crippen LogP contribution in [0.15, 0.2) is 22.7 Å². The predicted octanol–water partition coefficient (Wildman–Crippen LogP) is 2.69. The number of benzene rings is 1. The normalized spacial score (nSPS) is 15.8. The highest BCUT2D eigenvalue weighted by Gasteiger charge is 2.25. The molecule has 1 fully saturated rings. The first kappa shape index (κ1) is 15.3. The van der Waals surface area contributed by atoms with Crippen LogP contribution in [0.4, 0.5) is 11.4 Å². The minimum atomic E-state index is -0.133. The lowest BCUT2D eigenvalue weighted by Crippen LogP contribution is -2.24. The average molecular weight is 316 g/mol. The van der Waals surface area contributed by atoms with Crippen molar-refractivity contribution in [2.75, 3.05) is 23.9 Å². The van der Waals surface area contributed by atoms with E-state index in [2.05, 4.69) is 15.5 Å². The monoisotopic (exact) mass is 316 g/mol. The van der Waals surface area contributed by atoms with Crippen LogP contribution in [0.3, 0.4) is 0 Å². The Morgan fingerprint density at radius 2 is 2.26 bits per heavy atom. The summed E-state index contributed by atoms with van der Waals surface area (Å²) in [7, 11) is 1.61. The van der Waals surface area contributed by atoms with E-state index in [9.17, 15) is 4.79 Å². The third-order valence-electron chi connectivity index (χ3n) is 3.84. The molecule has 1 saturated heterocycles. The highest BCUT2D eigenvalue weighted by Crippen LogP contribution is 2.34. The molecule has 1 aromatic heterocycles. The van der Waals surface area contributed by atoms with E-state index in [0.717, 1.165) is 24.3 Å². The number of carbonyl (C=O) groups is 1. The van der Waals surface area contributed by atoms with Crippen molar-refractivity contribution in [3.63, 3.8) is 0 Å². The number of amides is 1. The van der Waals surface area contributed by atoms with Gasteiger partial charge in [0, 0.05) is 18.7 Å². The van der Waals surface area contributed by atoms with Gasteiger partial charge in [-0.1, -0.05) is 5.16 Å². The number of methoxy groups -OCH3 is 1. The molecule has 0 saturated carbocycles. The topological polar surface area (TPSA) is 80.5 Å². The fourth-order valence-electron chi connectivity index (χ4n) is 2.69. The van der Waals surface area contributed by atoms with Gasteiger partial charge in [-0.15, -0.1) is 0 Å². The van der Waals surface area contributed by atoms with Crippen LogP contribution >= 0.6 is 0 Å². The summed E-state index contributed by atoms with van der Waals surface area (Å²) in [6.45, 7) is 4.44. The fraction of sp³-hybridized carbons (Fsp3) is 0.438. The van der Waals surface area contributed by atoms with Gasteiger partial charge in [0.05, 0.1) is 12.8 Å².